The molecule has 0 radical (unpaired) electrons. The normalized spacial score (nSPS) is 11.3. The largest absolute Gasteiger partial charge is 0.456 e. The number of nitrogens with zero attached hydrogens (tertiary/aromatic N) is 1. The van der Waals surface area contributed by atoms with E-state index in [1.165, 1.54) is 44.2 Å². The third-order valence-electron chi connectivity index (χ3n) is 10.5. The molecular formula is C52H35NO. The summed E-state index contributed by atoms with van der Waals surface area (Å²) in [5.74, 6) is 0. The Morgan fingerprint density at radius 3 is 1.54 bits per heavy atom. The number of fused-ring (bicyclic) bond motifs is 4. The van der Waals surface area contributed by atoms with Gasteiger partial charge in [0.25, 0.3) is 0 Å². The zero-order valence-electron chi connectivity index (χ0n) is 29.6. The Bertz CT molecular complexity index is 2920. The minimum atomic E-state index is 0.902. The van der Waals surface area contributed by atoms with Gasteiger partial charge in [-0.15, -0.1) is 0 Å². The van der Waals surface area contributed by atoms with Crippen molar-refractivity contribution >= 4 is 49.8 Å². The SMILES string of the molecule is c1ccc(-c2ccc(N(c3ccc(-c4cccc(-c5ccc6ccccc6c5)c4)cc3)c3cccc(-c4ccc5oc6ccccc6c5c4)c3)cc2)cc1. The van der Waals surface area contributed by atoms with E-state index in [0.717, 1.165) is 50.1 Å². The molecule has 2 heteroatoms. The van der Waals surface area contributed by atoms with Crippen LogP contribution in [-0.4, -0.2) is 0 Å². The first kappa shape index (κ1) is 31.6. The molecule has 0 spiro atoms. The maximum Gasteiger partial charge on any atom is 0.135 e. The average Bonchev–Trinajstić information content (AvgIpc) is 3.63. The molecule has 0 aliphatic carbocycles. The van der Waals surface area contributed by atoms with Gasteiger partial charge in [0.15, 0.2) is 0 Å². The Morgan fingerprint density at radius 1 is 0.259 bits per heavy atom. The quantitative estimate of drug-likeness (QED) is 0.166. The van der Waals surface area contributed by atoms with E-state index in [9.17, 15) is 0 Å². The van der Waals surface area contributed by atoms with Crippen molar-refractivity contribution in [2.24, 2.45) is 0 Å². The van der Waals surface area contributed by atoms with E-state index in [4.69, 9.17) is 4.42 Å². The van der Waals surface area contributed by atoms with Crippen LogP contribution < -0.4 is 4.90 Å². The molecule has 2 nitrogen and oxygen atoms in total. The van der Waals surface area contributed by atoms with Gasteiger partial charge >= 0.3 is 0 Å². The van der Waals surface area contributed by atoms with E-state index in [1.54, 1.807) is 0 Å². The van der Waals surface area contributed by atoms with Crippen LogP contribution in [0.2, 0.25) is 0 Å². The lowest BCUT2D eigenvalue weighted by atomic mass is 9.97. The van der Waals surface area contributed by atoms with Crippen LogP contribution in [-0.2, 0) is 0 Å². The summed E-state index contributed by atoms with van der Waals surface area (Å²) in [4.78, 5) is 2.35. The van der Waals surface area contributed by atoms with Crippen molar-refractivity contribution in [1.82, 2.24) is 0 Å². The van der Waals surface area contributed by atoms with Gasteiger partial charge in [0.2, 0.25) is 0 Å². The maximum atomic E-state index is 6.14. The highest BCUT2D eigenvalue weighted by Crippen LogP contribution is 2.40. The second-order valence-corrected chi connectivity index (χ2v) is 13.8. The Balaban J connectivity index is 1.03. The minimum Gasteiger partial charge on any atom is -0.456 e. The number of hydrogen-bond acceptors (Lipinski definition) is 2. The van der Waals surface area contributed by atoms with Gasteiger partial charge in [0.1, 0.15) is 11.2 Å². The molecule has 10 rings (SSSR count). The summed E-state index contributed by atoms with van der Waals surface area (Å²) >= 11 is 0. The summed E-state index contributed by atoms with van der Waals surface area (Å²) in [7, 11) is 0. The third kappa shape index (κ3) is 5.90. The van der Waals surface area contributed by atoms with Crippen LogP contribution >= 0.6 is 0 Å². The first-order valence-corrected chi connectivity index (χ1v) is 18.4. The Labute approximate surface area is 314 Å². The number of rotatable bonds is 7. The molecule has 1 heterocycles. The molecule has 1 aromatic heterocycles. The molecule has 0 amide bonds. The highest BCUT2D eigenvalue weighted by molar-refractivity contribution is 6.06. The lowest BCUT2D eigenvalue weighted by molar-refractivity contribution is 0.669. The average molecular weight is 690 g/mol. The molecule has 0 N–H and O–H groups in total. The monoisotopic (exact) mass is 689 g/mol. The Hall–Kier alpha value is -7.16. The van der Waals surface area contributed by atoms with E-state index >= 15 is 0 Å². The molecule has 0 saturated carbocycles. The van der Waals surface area contributed by atoms with Gasteiger partial charge in [-0.1, -0.05) is 146 Å². The van der Waals surface area contributed by atoms with Crippen LogP contribution in [0.4, 0.5) is 17.1 Å². The van der Waals surface area contributed by atoms with Crippen molar-refractivity contribution in [2.45, 2.75) is 0 Å². The molecule has 0 unspecified atom stereocenters. The van der Waals surface area contributed by atoms with Gasteiger partial charge < -0.3 is 9.32 Å². The minimum absolute atomic E-state index is 0.902. The predicted molar refractivity (Wildman–Crippen MR) is 228 cm³/mol. The summed E-state index contributed by atoms with van der Waals surface area (Å²) in [5.41, 5.74) is 14.6. The van der Waals surface area contributed by atoms with Gasteiger partial charge in [0.05, 0.1) is 0 Å². The van der Waals surface area contributed by atoms with Crippen LogP contribution in [0.3, 0.4) is 0 Å². The molecule has 254 valence electrons. The van der Waals surface area contributed by atoms with E-state index < -0.39 is 0 Å². The fraction of sp³-hybridized carbons (Fsp3) is 0. The van der Waals surface area contributed by atoms with Crippen molar-refractivity contribution in [3.63, 3.8) is 0 Å². The molecule has 0 fully saturated rings. The molecule has 0 atom stereocenters. The second kappa shape index (κ2) is 13.4. The lowest BCUT2D eigenvalue weighted by Crippen LogP contribution is -2.10. The number of para-hydroxylation sites is 1. The van der Waals surface area contributed by atoms with Crippen molar-refractivity contribution in [2.75, 3.05) is 4.90 Å². The fourth-order valence-corrected chi connectivity index (χ4v) is 7.66. The highest BCUT2D eigenvalue weighted by Gasteiger charge is 2.16. The molecular weight excluding hydrogens is 655 g/mol. The van der Waals surface area contributed by atoms with Crippen LogP contribution in [0.25, 0.3) is 77.2 Å². The summed E-state index contributed by atoms with van der Waals surface area (Å²) in [6.07, 6.45) is 0. The number of anilines is 3. The zero-order chi connectivity index (χ0) is 35.8. The fourth-order valence-electron chi connectivity index (χ4n) is 7.66. The van der Waals surface area contributed by atoms with E-state index in [2.05, 4.69) is 205 Å². The predicted octanol–water partition coefficient (Wildman–Crippen LogP) is 14.9. The van der Waals surface area contributed by atoms with E-state index in [0.29, 0.717) is 0 Å². The first-order valence-electron chi connectivity index (χ1n) is 18.4. The van der Waals surface area contributed by atoms with Crippen LogP contribution in [0.15, 0.2) is 217 Å². The summed E-state index contributed by atoms with van der Waals surface area (Å²) in [6, 6.07) is 76.0. The van der Waals surface area contributed by atoms with Crippen LogP contribution in [0, 0.1) is 0 Å². The van der Waals surface area contributed by atoms with Crippen molar-refractivity contribution in [3.8, 4) is 44.5 Å². The van der Waals surface area contributed by atoms with Crippen molar-refractivity contribution in [3.05, 3.63) is 212 Å². The van der Waals surface area contributed by atoms with Gasteiger partial charge in [-0.25, -0.2) is 0 Å². The summed E-state index contributed by atoms with van der Waals surface area (Å²) in [5, 5.41) is 4.77. The summed E-state index contributed by atoms with van der Waals surface area (Å²) in [6.45, 7) is 0. The van der Waals surface area contributed by atoms with E-state index in [1.807, 2.05) is 12.1 Å². The molecule has 0 aliphatic rings. The Morgan fingerprint density at radius 2 is 0.759 bits per heavy atom. The molecule has 0 saturated heterocycles. The molecule has 0 aliphatic heterocycles. The van der Waals surface area contributed by atoms with Crippen LogP contribution in [0.1, 0.15) is 0 Å². The van der Waals surface area contributed by atoms with Crippen LogP contribution in [0.5, 0.6) is 0 Å². The first-order chi connectivity index (χ1) is 26.7. The van der Waals surface area contributed by atoms with E-state index in [-0.39, 0.29) is 0 Å². The third-order valence-corrected chi connectivity index (χ3v) is 10.5. The smallest absolute Gasteiger partial charge is 0.135 e. The van der Waals surface area contributed by atoms with Gasteiger partial charge in [-0.3, -0.25) is 0 Å². The topological polar surface area (TPSA) is 16.4 Å². The van der Waals surface area contributed by atoms with Gasteiger partial charge in [-0.2, -0.15) is 0 Å². The standard InChI is InChI=1S/C52H35NO/c1-2-10-36(11-3-1)38-22-27-46(28-23-38)53(48-17-9-16-43(34-48)45-26-31-52-50(35-45)49-18-6-7-19-51(49)54-52)47-29-24-39(25-30-47)41-14-8-15-42(32-41)44-21-20-37-12-4-5-13-40(37)33-44/h1-35H. The van der Waals surface area contributed by atoms with Gasteiger partial charge in [-0.05, 0) is 122 Å². The highest BCUT2D eigenvalue weighted by atomic mass is 16.3. The van der Waals surface area contributed by atoms with Crippen molar-refractivity contribution in [1.29, 1.82) is 0 Å². The Kier molecular flexibility index (Phi) is 7.85. The maximum absolute atomic E-state index is 6.14. The lowest BCUT2D eigenvalue weighted by Gasteiger charge is -2.26. The van der Waals surface area contributed by atoms with Gasteiger partial charge in [0, 0.05) is 27.8 Å². The van der Waals surface area contributed by atoms with Crippen molar-refractivity contribution < 1.29 is 4.42 Å². The zero-order valence-corrected chi connectivity index (χ0v) is 29.6. The number of furan rings is 1. The molecule has 10 aromatic rings. The molecule has 0 bridgehead atoms. The number of benzene rings is 9. The molecule has 54 heavy (non-hydrogen) atoms. The summed E-state index contributed by atoms with van der Waals surface area (Å²) < 4.78 is 6.14. The number of hydrogen-bond donors (Lipinski definition) is 0. The second-order valence-electron chi connectivity index (χ2n) is 13.8. The molecule has 9 aromatic carbocycles.